The Morgan fingerprint density at radius 3 is 1.00 bits per heavy atom. The lowest BCUT2D eigenvalue weighted by atomic mass is 10.0. The number of carbonyl (C=O) groups is 1. The Morgan fingerprint density at radius 2 is 0.650 bits per heavy atom. The molecule has 40 heavy (non-hydrogen) atoms. The van der Waals surface area contributed by atoms with Crippen molar-refractivity contribution in [2.45, 2.75) is 117 Å². The van der Waals surface area contributed by atoms with Gasteiger partial charge in [-0.3, -0.25) is 4.79 Å². The Bertz CT molecular complexity index is 478. The van der Waals surface area contributed by atoms with E-state index in [9.17, 15) is 4.79 Å². The number of esters is 1. The zero-order chi connectivity index (χ0) is 29.0. The molecule has 0 aliphatic rings. The van der Waals surface area contributed by atoms with Crippen LogP contribution in [0.3, 0.4) is 0 Å². The molecule has 0 atom stereocenters. The van der Waals surface area contributed by atoms with Gasteiger partial charge in [-0.2, -0.15) is 0 Å². The van der Waals surface area contributed by atoms with Crippen LogP contribution in [0.15, 0.2) is 0 Å². The third-order valence-electron chi connectivity index (χ3n) is 6.45. The van der Waals surface area contributed by atoms with Gasteiger partial charge in [0.25, 0.3) is 0 Å². The largest absolute Gasteiger partial charge is 0.463 e. The lowest BCUT2D eigenvalue weighted by Crippen LogP contribution is -2.15. The van der Waals surface area contributed by atoms with E-state index in [0.717, 1.165) is 19.4 Å². The van der Waals surface area contributed by atoms with Gasteiger partial charge in [-0.15, -0.1) is 0 Å². The first kappa shape index (κ1) is 39.2. The molecule has 0 radical (unpaired) electrons. The highest BCUT2D eigenvalue weighted by molar-refractivity contribution is 5.69. The zero-order valence-corrected chi connectivity index (χ0v) is 26.3. The number of hydrogen-bond acceptors (Lipinski definition) is 8. The molecule has 240 valence electrons. The molecule has 0 aromatic rings. The number of hydrogen-bond donors (Lipinski definition) is 0. The van der Waals surface area contributed by atoms with E-state index in [1.54, 1.807) is 0 Å². The molecule has 0 bridgehead atoms. The Kier molecular flexibility index (Phi) is 35.6. The van der Waals surface area contributed by atoms with E-state index < -0.39 is 0 Å². The summed E-state index contributed by atoms with van der Waals surface area (Å²) in [6.45, 7) is 11.2. The Hall–Kier alpha value is -0.770. The summed E-state index contributed by atoms with van der Waals surface area (Å²) >= 11 is 0. The van der Waals surface area contributed by atoms with Crippen LogP contribution < -0.4 is 0 Å². The van der Waals surface area contributed by atoms with Crippen LogP contribution in [0.1, 0.15) is 117 Å². The maximum Gasteiger partial charge on any atom is 0.305 e. The molecule has 0 aromatic heterocycles. The van der Waals surface area contributed by atoms with E-state index in [4.69, 9.17) is 33.2 Å². The van der Waals surface area contributed by atoms with Crippen LogP contribution in [0.25, 0.3) is 0 Å². The van der Waals surface area contributed by atoms with Crippen molar-refractivity contribution in [3.8, 4) is 0 Å². The van der Waals surface area contributed by atoms with Crippen molar-refractivity contribution in [1.29, 1.82) is 0 Å². The fourth-order valence-electron chi connectivity index (χ4n) is 4.09. The SMILES string of the molecule is CCCCCCCCCCCCCCCCOCCOCCOCCOCCOCCOCCOC(=O)CCC. The molecule has 0 aliphatic heterocycles. The second kappa shape index (κ2) is 36.3. The van der Waals surface area contributed by atoms with E-state index in [1.165, 1.54) is 83.5 Å². The smallest absolute Gasteiger partial charge is 0.305 e. The van der Waals surface area contributed by atoms with Gasteiger partial charge in [0.2, 0.25) is 0 Å². The highest BCUT2D eigenvalue weighted by Gasteiger charge is 2.00. The minimum atomic E-state index is -0.175. The first-order chi connectivity index (χ1) is 19.8. The summed E-state index contributed by atoms with van der Waals surface area (Å²) < 4.78 is 37.9. The molecule has 0 aliphatic carbocycles. The van der Waals surface area contributed by atoms with E-state index in [0.29, 0.717) is 85.7 Å². The Balaban J connectivity index is 3.04. The number of carbonyl (C=O) groups excluding carboxylic acids is 1. The van der Waals surface area contributed by atoms with Gasteiger partial charge < -0.3 is 33.2 Å². The van der Waals surface area contributed by atoms with Crippen LogP contribution in [0.5, 0.6) is 0 Å². The predicted octanol–water partition coefficient (Wildman–Crippen LogP) is 6.91. The number of unbranched alkanes of at least 4 members (excludes halogenated alkanes) is 13. The first-order valence-electron chi connectivity index (χ1n) is 16.4. The van der Waals surface area contributed by atoms with Crippen molar-refractivity contribution in [3.05, 3.63) is 0 Å². The normalized spacial score (nSPS) is 11.3. The minimum Gasteiger partial charge on any atom is -0.463 e. The number of ether oxygens (including phenoxy) is 7. The van der Waals surface area contributed by atoms with E-state index >= 15 is 0 Å². The van der Waals surface area contributed by atoms with Gasteiger partial charge in [-0.25, -0.2) is 0 Å². The molecule has 0 amide bonds. The first-order valence-corrected chi connectivity index (χ1v) is 16.4. The third kappa shape index (κ3) is 35.3. The van der Waals surface area contributed by atoms with Crippen molar-refractivity contribution in [1.82, 2.24) is 0 Å². The summed E-state index contributed by atoms with van der Waals surface area (Å²) in [5, 5.41) is 0. The van der Waals surface area contributed by atoms with Crippen LogP contribution in [0.4, 0.5) is 0 Å². The van der Waals surface area contributed by atoms with Crippen LogP contribution in [-0.2, 0) is 38.0 Å². The summed E-state index contributed by atoms with van der Waals surface area (Å²) in [4.78, 5) is 11.2. The summed E-state index contributed by atoms with van der Waals surface area (Å²) in [5.74, 6) is -0.175. The monoisotopic (exact) mass is 576 g/mol. The zero-order valence-electron chi connectivity index (χ0n) is 26.3. The van der Waals surface area contributed by atoms with Gasteiger partial charge in [0.15, 0.2) is 0 Å². The molecule has 0 fully saturated rings. The quantitative estimate of drug-likeness (QED) is 0.0595. The van der Waals surface area contributed by atoms with E-state index in [2.05, 4.69) is 6.92 Å². The lowest BCUT2D eigenvalue weighted by Gasteiger charge is -2.08. The Morgan fingerprint density at radius 1 is 0.350 bits per heavy atom. The molecule has 0 saturated carbocycles. The van der Waals surface area contributed by atoms with Gasteiger partial charge in [0, 0.05) is 13.0 Å². The van der Waals surface area contributed by atoms with Crippen LogP contribution in [0, 0.1) is 0 Å². The summed E-state index contributed by atoms with van der Waals surface area (Å²) in [5.41, 5.74) is 0. The summed E-state index contributed by atoms with van der Waals surface area (Å²) in [6, 6.07) is 0. The van der Waals surface area contributed by atoms with Gasteiger partial charge in [0.05, 0.1) is 72.7 Å². The van der Waals surface area contributed by atoms with Crippen LogP contribution in [-0.4, -0.2) is 91.9 Å². The fourth-order valence-corrected chi connectivity index (χ4v) is 4.09. The van der Waals surface area contributed by atoms with Gasteiger partial charge >= 0.3 is 5.97 Å². The van der Waals surface area contributed by atoms with Gasteiger partial charge in [-0.1, -0.05) is 97.3 Å². The van der Waals surface area contributed by atoms with Gasteiger partial charge in [0.1, 0.15) is 6.61 Å². The maximum atomic E-state index is 11.2. The summed E-state index contributed by atoms with van der Waals surface area (Å²) in [6.07, 6.45) is 20.5. The Labute approximate surface area is 246 Å². The second-order valence-electron chi connectivity index (χ2n) is 10.2. The summed E-state index contributed by atoms with van der Waals surface area (Å²) in [7, 11) is 0. The highest BCUT2D eigenvalue weighted by Crippen LogP contribution is 2.12. The molecular weight excluding hydrogens is 512 g/mol. The highest BCUT2D eigenvalue weighted by atomic mass is 16.6. The van der Waals surface area contributed by atoms with Crippen molar-refractivity contribution < 1.29 is 38.0 Å². The van der Waals surface area contributed by atoms with E-state index in [-0.39, 0.29) is 5.97 Å². The minimum absolute atomic E-state index is 0.175. The lowest BCUT2D eigenvalue weighted by molar-refractivity contribution is -0.145. The van der Waals surface area contributed by atoms with Crippen molar-refractivity contribution >= 4 is 5.97 Å². The molecule has 0 aromatic carbocycles. The molecular formula is C32H64O8. The predicted molar refractivity (Wildman–Crippen MR) is 161 cm³/mol. The maximum absolute atomic E-state index is 11.2. The molecule has 0 heterocycles. The third-order valence-corrected chi connectivity index (χ3v) is 6.45. The second-order valence-corrected chi connectivity index (χ2v) is 10.2. The fraction of sp³-hybridized carbons (Fsp3) is 0.969. The standard InChI is InChI=1S/C32H64O8/c1-3-5-6-7-8-9-10-11-12-13-14-15-16-17-19-34-20-21-35-22-23-36-24-25-37-26-27-38-28-29-39-30-31-40-32(33)18-4-2/h3-31H2,1-2H3. The molecule has 0 spiro atoms. The van der Waals surface area contributed by atoms with Crippen molar-refractivity contribution in [3.63, 3.8) is 0 Å². The topological polar surface area (TPSA) is 81.7 Å². The van der Waals surface area contributed by atoms with Crippen LogP contribution >= 0.6 is 0 Å². The van der Waals surface area contributed by atoms with E-state index in [1.807, 2.05) is 6.92 Å². The molecule has 8 heteroatoms. The average molecular weight is 577 g/mol. The van der Waals surface area contributed by atoms with Crippen molar-refractivity contribution in [2.75, 3.05) is 85.9 Å². The number of rotatable bonds is 35. The molecule has 8 nitrogen and oxygen atoms in total. The molecule has 0 N–H and O–H groups in total. The molecule has 0 saturated heterocycles. The van der Waals surface area contributed by atoms with Crippen LogP contribution in [0.2, 0.25) is 0 Å². The molecule has 0 rings (SSSR count). The van der Waals surface area contributed by atoms with Crippen molar-refractivity contribution in [2.24, 2.45) is 0 Å². The molecule has 0 unspecified atom stereocenters. The average Bonchev–Trinajstić information content (AvgIpc) is 2.95. The van der Waals surface area contributed by atoms with Gasteiger partial charge in [-0.05, 0) is 12.8 Å².